The van der Waals surface area contributed by atoms with E-state index < -0.39 is 24.4 Å². The van der Waals surface area contributed by atoms with E-state index in [0.717, 1.165) is 4.67 Å². The van der Waals surface area contributed by atoms with Crippen LogP contribution in [0.4, 0.5) is 4.79 Å². The number of ether oxygens (including phenoxy) is 2. The molecule has 84 valence electrons. The molecule has 0 aliphatic carbocycles. The highest BCUT2D eigenvalue weighted by molar-refractivity contribution is 7.88. The number of rotatable bonds is 2. The van der Waals surface area contributed by atoms with Gasteiger partial charge in [-0.2, -0.15) is 0 Å². The van der Waals surface area contributed by atoms with Gasteiger partial charge in [0, 0.05) is 6.42 Å². The summed E-state index contributed by atoms with van der Waals surface area (Å²) in [6, 6.07) is 0. The van der Waals surface area contributed by atoms with Crippen molar-refractivity contribution in [3.63, 3.8) is 0 Å². The Kier molecular flexibility index (Phi) is 2.64. The molecule has 2 aliphatic rings. The SMILES string of the molecule is O=C1OCCC1P(=O)(Cl)N1CCOC1=O. The van der Waals surface area contributed by atoms with Crippen LogP contribution in [0.1, 0.15) is 6.42 Å². The normalized spacial score (nSPS) is 29.9. The van der Waals surface area contributed by atoms with Crippen molar-refractivity contribution >= 4 is 29.9 Å². The molecule has 2 fully saturated rings. The third-order valence-corrected chi connectivity index (χ3v) is 5.87. The van der Waals surface area contributed by atoms with E-state index in [1.54, 1.807) is 0 Å². The van der Waals surface area contributed by atoms with E-state index in [2.05, 4.69) is 9.47 Å². The Labute approximate surface area is 90.7 Å². The number of esters is 1. The Morgan fingerprint density at radius 1 is 1.33 bits per heavy atom. The molecule has 15 heavy (non-hydrogen) atoms. The molecule has 6 nitrogen and oxygen atoms in total. The first kappa shape index (κ1) is 10.8. The van der Waals surface area contributed by atoms with Crippen molar-refractivity contribution in [1.82, 2.24) is 4.67 Å². The predicted molar refractivity (Wildman–Crippen MR) is 50.9 cm³/mol. The van der Waals surface area contributed by atoms with Crippen LogP contribution in [0.15, 0.2) is 0 Å². The summed E-state index contributed by atoms with van der Waals surface area (Å²) in [5.41, 5.74) is -0.912. The van der Waals surface area contributed by atoms with Crippen LogP contribution in [0.5, 0.6) is 0 Å². The number of carbonyl (C=O) groups excluding carboxylic acids is 2. The average molecular weight is 254 g/mol. The maximum atomic E-state index is 12.1. The molecule has 0 N–H and O–H groups in total. The third-order valence-electron chi connectivity index (χ3n) is 2.36. The second-order valence-electron chi connectivity index (χ2n) is 3.25. The van der Waals surface area contributed by atoms with Crippen molar-refractivity contribution in [2.75, 3.05) is 19.8 Å². The fourth-order valence-electron chi connectivity index (χ4n) is 1.58. The second kappa shape index (κ2) is 3.68. The number of nitrogens with zero attached hydrogens (tertiary/aromatic N) is 1. The lowest BCUT2D eigenvalue weighted by Gasteiger charge is -2.22. The first-order chi connectivity index (χ1) is 7.03. The molecule has 2 aliphatic heterocycles. The topological polar surface area (TPSA) is 72.9 Å². The highest BCUT2D eigenvalue weighted by atomic mass is 35.7. The Balaban J connectivity index is 2.22. The van der Waals surface area contributed by atoms with Gasteiger partial charge in [0.15, 0.2) is 0 Å². The third kappa shape index (κ3) is 1.72. The Hall–Kier alpha value is -0.740. The molecule has 2 heterocycles. The first-order valence-electron chi connectivity index (χ1n) is 4.44. The lowest BCUT2D eigenvalue weighted by molar-refractivity contribution is -0.137. The Morgan fingerprint density at radius 2 is 2.07 bits per heavy atom. The molecule has 0 bridgehead atoms. The molecular formula is C7H9ClNO5P. The summed E-state index contributed by atoms with van der Waals surface area (Å²) in [5.74, 6) is -0.604. The van der Waals surface area contributed by atoms with Gasteiger partial charge in [-0.1, -0.05) is 0 Å². The van der Waals surface area contributed by atoms with Crippen molar-refractivity contribution < 1.29 is 23.6 Å². The van der Waals surface area contributed by atoms with E-state index in [9.17, 15) is 14.2 Å². The van der Waals surface area contributed by atoms with Gasteiger partial charge in [-0.3, -0.25) is 9.36 Å². The maximum Gasteiger partial charge on any atom is 0.416 e. The van der Waals surface area contributed by atoms with Crippen LogP contribution in [-0.2, 0) is 18.8 Å². The lowest BCUT2D eigenvalue weighted by Crippen LogP contribution is -2.27. The van der Waals surface area contributed by atoms with Gasteiger partial charge in [-0.25, -0.2) is 9.46 Å². The van der Waals surface area contributed by atoms with Crippen molar-refractivity contribution in [3.8, 4) is 0 Å². The van der Waals surface area contributed by atoms with Crippen molar-refractivity contribution in [2.24, 2.45) is 0 Å². The van der Waals surface area contributed by atoms with Crippen LogP contribution < -0.4 is 0 Å². The minimum absolute atomic E-state index is 0.150. The van der Waals surface area contributed by atoms with Crippen molar-refractivity contribution in [3.05, 3.63) is 0 Å². The zero-order chi connectivity index (χ0) is 11.1. The molecule has 0 saturated carbocycles. The van der Waals surface area contributed by atoms with Gasteiger partial charge in [0.1, 0.15) is 12.3 Å². The largest absolute Gasteiger partial charge is 0.465 e. The van der Waals surface area contributed by atoms with Crippen LogP contribution >= 0.6 is 17.9 Å². The van der Waals surface area contributed by atoms with E-state index >= 15 is 0 Å². The van der Waals surface area contributed by atoms with Crippen molar-refractivity contribution in [2.45, 2.75) is 12.1 Å². The van der Waals surface area contributed by atoms with Gasteiger partial charge in [-0.05, 0) is 11.2 Å². The van der Waals surface area contributed by atoms with E-state index in [-0.39, 0.29) is 26.2 Å². The fraction of sp³-hybridized carbons (Fsp3) is 0.714. The van der Waals surface area contributed by atoms with Crippen LogP contribution in [0.2, 0.25) is 0 Å². The zero-order valence-electron chi connectivity index (χ0n) is 7.72. The van der Waals surface area contributed by atoms with Crippen LogP contribution in [-0.4, -0.2) is 42.2 Å². The smallest absolute Gasteiger partial charge is 0.416 e. The number of hydrogen-bond donors (Lipinski definition) is 0. The summed E-state index contributed by atoms with van der Waals surface area (Å²) in [6.45, 7) is -3.04. The molecular weight excluding hydrogens is 245 g/mol. The molecule has 0 radical (unpaired) electrons. The summed E-state index contributed by atoms with van der Waals surface area (Å²) < 4.78 is 22.4. The van der Waals surface area contributed by atoms with Gasteiger partial charge in [0.05, 0.1) is 13.2 Å². The lowest BCUT2D eigenvalue weighted by atomic mass is 10.4. The van der Waals surface area contributed by atoms with Gasteiger partial charge < -0.3 is 9.47 Å². The molecule has 2 unspecified atom stereocenters. The molecule has 2 rings (SSSR count). The molecule has 0 spiro atoms. The quantitative estimate of drug-likeness (QED) is 0.546. The van der Waals surface area contributed by atoms with Gasteiger partial charge >= 0.3 is 12.1 Å². The predicted octanol–water partition coefficient (Wildman–Crippen LogP) is 1.19. The number of cyclic esters (lactones) is 2. The summed E-state index contributed by atoms with van der Waals surface area (Å²) in [4.78, 5) is 22.4. The Bertz CT molecular complexity index is 329. The highest BCUT2D eigenvalue weighted by Crippen LogP contribution is 2.62. The number of amides is 1. The maximum absolute atomic E-state index is 12.1. The number of hydrogen-bond acceptors (Lipinski definition) is 5. The van der Waals surface area contributed by atoms with E-state index in [1.807, 2.05) is 0 Å². The molecule has 2 saturated heterocycles. The van der Waals surface area contributed by atoms with Crippen molar-refractivity contribution in [1.29, 1.82) is 0 Å². The average Bonchev–Trinajstić information content (AvgIpc) is 2.73. The second-order valence-corrected chi connectivity index (χ2v) is 6.90. The van der Waals surface area contributed by atoms with E-state index in [4.69, 9.17) is 11.2 Å². The van der Waals surface area contributed by atoms with E-state index in [1.165, 1.54) is 0 Å². The van der Waals surface area contributed by atoms with Crippen LogP contribution in [0.3, 0.4) is 0 Å². The fourth-order valence-corrected chi connectivity index (χ4v) is 4.25. The number of carbonyl (C=O) groups is 2. The van der Waals surface area contributed by atoms with Crippen LogP contribution in [0, 0.1) is 0 Å². The number of halogens is 1. The molecule has 0 aromatic rings. The van der Waals surface area contributed by atoms with E-state index in [0.29, 0.717) is 0 Å². The van der Waals surface area contributed by atoms with Gasteiger partial charge in [0.2, 0.25) is 0 Å². The highest BCUT2D eigenvalue weighted by Gasteiger charge is 2.49. The minimum Gasteiger partial charge on any atom is -0.465 e. The van der Waals surface area contributed by atoms with Crippen LogP contribution in [0.25, 0.3) is 0 Å². The van der Waals surface area contributed by atoms with Gasteiger partial charge in [-0.15, -0.1) is 0 Å². The monoisotopic (exact) mass is 253 g/mol. The summed E-state index contributed by atoms with van der Waals surface area (Å²) >= 11 is 5.82. The molecule has 1 amide bonds. The first-order valence-corrected chi connectivity index (χ1v) is 7.07. The van der Waals surface area contributed by atoms with Gasteiger partial charge in [0.25, 0.3) is 6.65 Å². The Morgan fingerprint density at radius 3 is 2.53 bits per heavy atom. The zero-order valence-corrected chi connectivity index (χ0v) is 9.37. The summed E-state index contributed by atoms with van der Waals surface area (Å²) in [5, 5.41) is 0. The standard InChI is InChI=1S/C7H9ClNO5P/c8-15(12,5-1-3-13-6(5)10)9-2-4-14-7(9)11/h5H,1-4H2. The molecule has 8 heteroatoms. The minimum atomic E-state index is -3.54. The summed E-state index contributed by atoms with van der Waals surface area (Å²) in [6.07, 6.45) is -0.448. The summed E-state index contributed by atoms with van der Waals surface area (Å²) in [7, 11) is 0. The molecule has 2 atom stereocenters. The molecule has 0 aromatic carbocycles. The molecule has 0 aromatic heterocycles.